The van der Waals surface area contributed by atoms with E-state index < -0.39 is 0 Å². The number of anilines is 1. The molecule has 4 rings (SSSR count). The Morgan fingerprint density at radius 3 is 2.78 bits per heavy atom. The van der Waals surface area contributed by atoms with E-state index >= 15 is 0 Å². The summed E-state index contributed by atoms with van der Waals surface area (Å²) in [6.45, 7) is 1.51. The second kappa shape index (κ2) is 7.74. The Hall–Kier alpha value is -2.31. The predicted molar refractivity (Wildman–Crippen MR) is 109 cm³/mol. The zero-order valence-corrected chi connectivity index (χ0v) is 16.4. The van der Waals surface area contributed by atoms with Gasteiger partial charge in [0.25, 0.3) is 0 Å². The van der Waals surface area contributed by atoms with Crippen molar-refractivity contribution in [2.24, 2.45) is 0 Å². The molecule has 0 spiro atoms. The van der Waals surface area contributed by atoms with Crippen LogP contribution < -0.4 is 5.32 Å². The van der Waals surface area contributed by atoms with E-state index in [9.17, 15) is 4.79 Å². The second-order valence-electron chi connectivity index (χ2n) is 6.60. The van der Waals surface area contributed by atoms with Gasteiger partial charge < -0.3 is 5.32 Å². The van der Waals surface area contributed by atoms with Crippen molar-refractivity contribution in [3.05, 3.63) is 64.9 Å². The maximum Gasteiger partial charge on any atom is 0.221 e. The van der Waals surface area contributed by atoms with Crippen molar-refractivity contribution in [2.45, 2.75) is 36.6 Å². The van der Waals surface area contributed by atoms with Gasteiger partial charge in [-0.15, -0.1) is 10.2 Å². The SMILES string of the molecule is CC(=O)Nc1cccc(-n2c(SCc3cccc(Cl)c3)nnc2C2CC2)c1. The van der Waals surface area contributed by atoms with Gasteiger partial charge >= 0.3 is 0 Å². The van der Waals surface area contributed by atoms with Gasteiger partial charge in [-0.3, -0.25) is 9.36 Å². The maximum atomic E-state index is 11.4. The zero-order valence-electron chi connectivity index (χ0n) is 14.9. The van der Waals surface area contributed by atoms with Crippen molar-refractivity contribution in [2.75, 3.05) is 5.32 Å². The molecule has 0 atom stereocenters. The molecule has 0 radical (unpaired) electrons. The van der Waals surface area contributed by atoms with E-state index in [0.29, 0.717) is 5.92 Å². The van der Waals surface area contributed by atoms with Crippen molar-refractivity contribution in [1.82, 2.24) is 14.8 Å². The van der Waals surface area contributed by atoms with Gasteiger partial charge in [0.05, 0.1) is 5.69 Å². The van der Waals surface area contributed by atoms with E-state index in [0.717, 1.165) is 51.5 Å². The van der Waals surface area contributed by atoms with Crippen LogP contribution in [0, 0.1) is 0 Å². The first-order valence-electron chi connectivity index (χ1n) is 8.81. The number of rotatable bonds is 6. The Balaban J connectivity index is 1.65. The van der Waals surface area contributed by atoms with E-state index in [4.69, 9.17) is 11.6 Å². The molecule has 7 heteroatoms. The summed E-state index contributed by atoms with van der Waals surface area (Å²) in [6, 6.07) is 15.6. The van der Waals surface area contributed by atoms with Crippen LogP contribution in [0.2, 0.25) is 5.02 Å². The van der Waals surface area contributed by atoms with Gasteiger partial charge in [0.15, 0.2) is 5.16 Å². The van der Waals surface area contributed by atoms with Crippen molar-refractivity contribution in [3.63, 3.8) is 0 Å². The van der Waals surface area contributed by atoms with E-state index in [1.807, 2.05) is 42.5 Å². The Labute approximate surface area is 167 Å². The first kappa shape index (κ1) is 18.1. The molecule has 27 heavy (non-hydrogen) atoms. The van der Waals surface area contributed by atoms with Crippen molar-refractivity contribution < 1.29 is 4.79 Å². The highest BCUT2D eigenvalue weighted by molar-refractivity contribution is 7.98. The van der Waals surface area contributed by atoms with Crippen LogP contribution in [0.1, 0.15) is 37.1 Å². The standard InChI is InChI=1S/C20H19ClN4OS/c1-13(26)22-17-6-3-7-18(11-17)25-19(15-8-9-15)23-24-20(25)27-12-14-4-2-5-16(21)10-14/h2-7,10-11,15H,8-9,12H2,1H3,(H,22,26). The molecule has 5 nitrogen and oxygen atoms in total. The summed E-state index contributed by atoms with van der Waals surface area (Å²) in [5, 5.41) is 13.3. The third-order valence-electron chi connectivity index (χ3n) is 4.28. The molecule has 1 heterocycles. The fourth-order valence-electron chi connectivity index (χ4n) is 2.92. The number of hydrogen-bond donors (Lipinski definition) is 1. The minimum Gasteiger partial charge on any atom is -0.326 e. The third kappa shape index (κ3) is 4.34. The molecular formula is C20H19ClN4OS. The Kier molecular flexibility index (Phi) is 5.18. The van der Waals surface area contributed by atoms with E-state index in [2.05, 4.69) is 26.1 Å². The molecule has 1 N–H and O–H groups in total. The highest BCUT2D eigenvalue weighted by Crippen LogP contribution is 2.41. The van der Waals surface area contributed by atoms with Gasteiger partial charge in [-0.25, -0.2) is 0 Å². The fourth-order valence-corrected chi connectivity index (χ4v) is 4.04. The summed E-state index contributed by atoms with van der Waals surface area (Å²) < 4.78 is 2.11. The third-order valence-corrected chi connectivity index (χ3v) is 5.52. The van der Waals surface area contributed by atoms with E-state index in [1.165, 1.54) is 6.92 Å². The largest absolute Gasteiger partial charge is 0.326 e. The monoisotopic (exact) mass is 398 g/mol. The number of carbonyl (C=O) groups excluding carboxylic acids is 1. The van der Waals surface area contributed by atoms with E-state index in [1.54, 1.807) is 11.8 Å². The van der Waals surface area contributed by atoms with Gasteiger partial charge in [-0.2, -0.15) is 0 Å². The van der Waals surface area contributed by atoms with Gasteiger partial charge in [0.2, 0.25) is 5.91 Å². The van der Waals surface area contributed by atoms with Gasteiger partial charge in [0, 0.05) is 29.3 Å². The van der Waals surface area contributed by atoms with Crippen LogP contribution >= 0.6 is 23.4 Å². The molecule has 138 valence electrons. The predicted octanol–water partition coefficient (Wildman–Crippen LogP) is 5.05. The highest BCUT2D eigenvalue weighted by atomic mass is 35.5. The maximum absolute atomic E-state index is 11.4. The first-order chi connectivity index (χ1) is 13.1. The molecule has 1 saturated carbocycles. The summed E-state index contributed by atoms with van der Waals surface area (Å²) in [5.41, 5.74) is 2.87. The number of thioether (sulfide) groups is 1. The van der Waals surface area contributed by atoms with Crippen LogP contribution in [0.15, 0.2) is 53.7 Å². The molecule has 1 aliphatic carbocycles. The number of halogens is 1. The average Bonchev–Trinajstić information content (AvgIpc) is 3.39. The molecule has 0 aliphatic heterocycles. The topological polar surface area (TPSA) is 59.8 Å². The number of benzene rings is 2. The highest BCUT2D eigenvalue weighted by Gasteiger charge is 2.31. The van der Waals surface area contributed by atoms with Crippen LogP contribution in [0.25, 0.3) is 5.69 Å². The number of nitrogens with one attached hydrogen (secondary N) is 1. The van der Waals surface area contributed by atoms with Crippen LogP contribution in [0.3, 0.4) is 0 Å². The summed E-state index contributed by atoms with van der Waals surface area (Å²) in [7, 11) is 0. The number of aromatic nitrogens is 3. The molecule has 2 aromatic carbocycles. The molecule has 1 aliphatic rings. The minimum absolute atomic E-state index is 0.0890. The molecule has 1 fully saturated rings. The lowest BCUT2D eigenvalue weighted by Gasteiger charge is -2.12. The van der Waals surface area contributed by atoms with Crippen molar-refractivity contribution >= 4 is 35.0 Å². The molecule has 0 bridgehead atoms. The Morgan fingerprint density at radius 2 is 2.04 bits per heavy atom. The summed E-state index contributed by atoms with van der Waals surface area (Å²) in [5.74, 6) is 2.12. The lowest BCUT2D eigenvalue weighted by atomic mass is 10.2. The van der Waals surface area contributed by atoms with Gasteiger partial charge in [-0.1, -0.05) is 41.6 Å². The molecular weight excluding hydrogens is 380 g/mol. The number of nitrogens with zero attached hydrogens (tertiary/aromatic N) is 3. The molecule has 0 saturated heterocycles. The quantitative estimate of drug-likeness (QED) is 0.590. The normalized spacial score (nSPS) is 13.6. The van der Waals surface area contributed by atoms with Crippen molar-refractivity contribution in [3.8, 4) is 5.69 Å². The van der Waals surface area contributed by atoms with Crippen LogP contribution in [0.5, 0.6) is 0 Å². The fraction of sp³-hybridized carbons (Fsp3) is 0.250. The smallest absolute Gasteiger partial charge is 0.221 e. The van der Waals surface area contributed by atoms with Gasteiger partial charge in [0.1, 0.15) is 5.82 Å². The first-order valence-corrected chi connectivity index (χ1v) is 10.2. The average molecular weight is 399 g/mol. The lowest BCUT2D eigenvalue weighted by molar-refractivity contribution is -0.114. The Morgan fingerprint density at radius 1 is 1.22 bits per heavy atom. The zero-order chi connectivity index (χ0) is 18.8. The number of carbonyl (C=O) groups is 1. The summed E-state index contributed by atoms with van der Waals surface area (Å²) >= 11 is 7.72. The molecule has 0 unspecified atom stereocenters. The van der Waals surface area contributed by atoms with Crippen LogP contribution in [-0.2, 0) is 10.5 Å². The molecule has 1 amide bonds. The van der Waals surface area contributed by atoms with Crippen LogP contribution in [-0.4, -0.2) is 20.7 Å². The van der Waals surface area contributed by atoms with Crippen molar-refractivity contribution in [1.29, 1.82) is 0 Å². The number of amides is 1. The van der Waals surface area contributed by atoms with Crippen LogP contribution in [0.4, 0.5) is 5.69 Å². The minimum atomic E-state index is -0.0890. The second-order valence-corrected chi connectivity index (χ2v) is 7.98. The lowest BCUT2D eigenvalue weighted by Crippen LogP contribution is -2.07. The summed E-state index contributed by atoms with van der Waals surface area (Å²) in [4.78, 5) is 11.4. The molecule has 1 aromatic heterocycles. The molecule has 3 aromatic rings. The Bertz CT molecular complexity index is 984. The summed E-state index contributed by atoms with van der Waals surface area (Å²) in [6.07, 6.45) is 2.28. The van der Waals surface area contributed by atoms with E-state index in [-0.39, 0.29) is 5.91 Å². The number of hydrogen-bond acceptors (Lipinski definition) is 4. The van der Waals surface area contributed by atoms with Gasteiger partial charge in [-0.05, 0) is 48.7 Å².